The molecule has 0 aliphatic carbocycles. The zero-order valence-electron chi connectivity index (χ0n) is 9.24. The minimum absolute atomic E-state index is 0.195. The molecule has 2 N–H and O–H groups in total. The number of hydrogen-bond donors (Lipinski definition) is 1. The van der Waals surface area contributed by atoms with Gasteiger partial charge in [0, 0.05) is 5.54 Å². The van der Waals surface area contributed by atoms with Gasteiger partial charge in [0.2, 0.25) is 5.13 Å². The number of hydrogen-bond acceptors (Lipinski definition) is 5. The van der Waals surface area contributed by atoms with E-state index in [0.717, 1.165) is 18.0 Å². The summed E-state index contributed by atoms with van der Waals surface area (Å²) < 4.78 is 0. The van der Waals surface area contributed by atoms with E-state index < -0.39 is 0 Å². The minimum Gasteiger partial charge on any atom is -0.374 e. The fraction of sp³-hybridized carbons (Fsp3) is 0.778. The Morgan fingerprint density at radius 1 is 1.43 bits per heavy atom. The third-order valence-corrected chi connectivity index (χ3v) is 3.49. The molecule has 0 saturated carbocycles. The first kappa shape index (κ1) is 11.4. The van der Waals surface area contributed by atoms with Gasteiger partial charge in [0.05, 0.1) is 6.54 Å². The van der Waals surface area contributed by atoms with Crippen molar-refractivity contribution in [2.24, 2.45) is 0 Å². The van der Waals surface area contributed by atoms with E-state index in [4.69, 9.17) is 5.73 Å². The molecule has 80 valence electrons. The Balaban J connectivity index is 2.61. The first-order valence-corrected chi connectivity index (χ1v) is 5.56. The van der Waals surface area contributed by atoms with Crippen LogP contribution in [0, 0.1) is 0 Å². The SMILES string of the molecule is CCC(C)(C)N(C)Cc1nnc(N)s1. The van der Waals surface area contributed by atoms with Crippen molar-refractivity contribution in [3.05, 3.63) is 5.01 Å². The highest BCUT2D eigenvalue weighted by Crippen LogP contribution is 2.21. The molecular weight excluding hydrogens is 196 g/mol. The molecule has 0 atom stereocenters. The summed E-state index contributed by atoms with van der Waals surface area (Å²) >= 11 is 1.46. The highest BCUT2D eigenvalue weighted by molar-refractivity contribution is 7.15. The third kappa shape index (κ3) is 2.65. The lowest BCUT2D eigenvalue weighted by atomic mass is 10.0. The van der Waals surface area contributed by atoms with Gasteiger partial charge in [0.15, 0.2) is 0 Å². The average molecular weight is 214 g/mol. The van der Waals surface area contributed by atoms with Crippen molar-refractivity contribution in [3.63, 3.8) is 0 Å². The summed E-state index contributed by atoms with van der Waals surface area (Å²) in [5.41, 5.74) is 5.72. The number of rotatable bonds is 4. The Morgan fingerprint density at radius 3 is 2.50 bits per heavy atom. The van der Waals surface area contributed by atoms with E-state index in [-0.39, 0.29) is 5.54 Å². The molecule has 0 fully saturated rings. The van der Waals surface area contributed by atoms with E-state index in [1.165, 1.54) is 11.3 Å². The van der Waals surface area contributed by atoms with Crippen LogP contribution in [0.2, 0.25) is 0 Å². The van der Waals surface area contributed by atoms with Crippen LogP contribution < -0.4 is 5.73 Å². The van der Waals surface area contributed by atoms with Gasteiger partial charge >= 0.3 is 0 Å². The van der Waals surface area contributed by atoms with Crippen molar-refractivity contribution < 1.29 is 0 Å². The lowest BCUT2D eigenvalue weighted by Gasteiger charge is -2.33. The Kier molecular flexibility index (Phi) is 3.44. The van der Waals surface area contributed by atoms with E-state index >= 15 is 0 Å². The number of nitrogens with zero attached hydrogens (tertiary/aromatic N) is 3. The maximum absolute atomic E-state index is 5.52. The van der Waals surface area contributed by atoms with Crippen molar-refractivity contribution in [1.29, 1.82) is 0 Å². The molecular formula is C9H18N4S. The molecule has 1 heterocycles. The second-order valence-corrected chi connectivity index (χ2v) is 5.15. The quantitative estimate of drug-likeness (QED) is 0.829. The predicted octanol–water partition coefficient (Wildman–Crippen LogP) is 1.74. The van der Waals surface area contributed by atoms with Crippen LogP contribution in [0.15, 0.2) is 0 Å². The summed E-state index contributed by atoms with van der Waals surface area (Å²) in [6.07, 6.45) is 1.11. The van der Waals surface area contributed by atoms with Crippen molar-refractivity contribution >= 4 is 16.5 Å². The van der Waals surface area contributed by atoms with Gasteiger partial charge in [-0.1, -0.05) is 18.3 Å². The van der Waals surface area contributed by atoms with Gasteiger partial charge in [0.1, 0.15) is 5.01 Å². The highest BCUT2D eigenvalue weighted by atomic mass is 32.1. The summed E-state index contributed by atoms with van der Waals surface area (Å²) in [4.78, 5) is 2.27. The zero-order valence-corrected chi connectivity index (χ0v) is 10.1. The van der Waals surface area contributed by atoms with Crippen LogP contribution in [-0.2, 0) is 6.54 Å². The third-order valence-electron chi connectivity index (χ3n) is 2.75. The second-order valence-electron chi connectivity index (χ2n) is 4.06. The van der Waals surface area contributed by atoms with E-state index in [2.05, 4.69) is 42.9 Å². The molecule has 0 unspecified atom stereocenters. The van der Waals surface area contributed by atoms with Crippen molar-refractivity contribution in [2.75, 3.05) is 12.8 Å². The molecule has 4 nitrogen and oxygen atoms in total. The largest absolute Gasteiger partial charge is 0.374 e. The van der Waals surface area contributed by atoms with E-state index in [1.807, 2.05) is 0 Å². The molecule has 0 aliphatic rings. The average Bonchev–Trinajstić information content (AvgIpc) is 2.51. The standard InChI is InChI=1S/C9H18N4S/c1-5-9(2,3)13(4)6-7-11-12-8(10)14-7/h5-6H2,1-4H3,(H2,10,12). The smallest absolute Gasteiger partial charge is 0.203 e. The first-order chi connectivity index (χ1) is 6.45. The Morgan fingerprint density at radius 2 is 2.07 bits per heavy atom. The Bertz CT molecular complexity index is 295. The topological polar surface area (TPSA) is 55.0 Å². The zero-order chi connectivity index (χ0) is 10.8. The van der Waals surface area contributed by atoms with Gasteiger partial charge in [-0.05, 0) is 27.3 Å². The minimum atomic E-state index is 0.195. The van der Waals surface area contributed by atoms with Gasteiger partial charge in [0.25, 0.3) is 0 Å². The molecule has 1 aromatic heterocycles. The fourth-order valence-electron chi connectivity index (χ4n) is 1.02. The van der Waals surface area contributed by atoms with Gasteiger partial charge < -0.3 is 5.73 Å². The van der Waals surface area contributed by atoms with Crippen LogP contribution in [0.4, 0.5) is 5.13 Å². The lowest BCUT2D eigenvalue weighted by Crippen LogP contribution is -2.39. The van der Waals surface area contributed by atoms with Crippen molar-refractivity contribution in [2.45, 2.75) is 39.3 Å². The molecule has 14 heavy (non-hydrogen) atoms. The van der Waals surface area contributed by atoms with Crippen LogP contribution in [0.1, 0.15) is 32.2 Å². The van der Waals surface area contributed by atoms with Crippen molar-refractivity contribution in [3.8, 4) is 0 Å². The highest BCUT2D eigenvalue weighted by Gasteiger charge is 2.21. The van der Waals surface area contributed by atoms with Crippen LogP contribution in [-0.4, -0.2) is 27.7 Å². The van der Waals surface area contributed by atoms with Crippen LogP contribution in [0.3, 0.4) is 0 Å². The van der Waals surface area contributed by atoms with E-state index in [9.17, 15) is 0 Å². The van der Waals surface area contributed by atoms with E-state index in [0.29, 0.717) is 5.13 Å². The molecule has 0 amide bonds. The molecule has 5 heteroatoms. The second kappa shape index (κ2) is 4.23. The number of aromatic nitrogens is 2. The predicted molar refractivity (Wildman–Crippen MR) is 60.2 cm³/mol. The van der Waals surface area contributed by atoms with E-state index in [1.54, 1.807) is 0 Å². The summed E-state index contributed by atoms with van der Waals surface area (Å²) in [5, 5.41) is 9.33. The monoisotopic (exact) mass is 214 g/mol. The Labute approximate surface area is 89.1 Å². The summed E-state index contributed by atoms with van der Waals surface area (Å²) in [7, 11) is 2.10. The van der Waals surface area contributed by atoms with Gasteiger partial charge in [-0.25, -0.2) is 0 Å². The summed E-state index contributed by atoms with van der Waals surface area (Å²) in [5.74, 6) is 0. The number of nitrogens with two attached hydrogens (primary N) is 1. The molecule has 0 saturated heterocycles. The molecule has 0 bridgehead atoms. The number of nitrogen functional groups attached to an aromatic ring is 1. The lowest BCUT2D eigenvalue weighted by molar-refractivity contribution is 0.142. The van der Waals surface area contributed by atoms with Gasteiger partial charge in [-0.2, -0.15) is 0 Å². The van der Waals surface area contributed by atoms with Crippen LogP contribution in [0.5, 0.6) is 0 Å². The summed E-state index contributed by atoms with van der Waals surface area (Å²) in [6, 6.07) is 0. The van der Waals surface area contributed by atoms with Crippen LogP contribution >= 0.6 is 11.3 Å². The molecule has 0 aliphatic heterocycles. The summed E-state index contributed by atoms with van der Waals surface area (Å²) in [6.45, 7) is 7.44. The maximum Gasteiger partial charge on any atom is 0.203 e. The first-order valence-electron chi connectivity index (χ1n) is 4.75. The Hall–Kier alpha value is -0.680. The van der Waals surface area contributed by atoms with Crippen LogP contribution in [0.25, 0.3) is 0 Å². The van der Waals surface area contributed by atoms with Crippen molar-refractivity contribution in [1.82, 2.24) is 15.1 Å². The molecule has 0 aromatic carbocycles. The molecule has 0 radical (unpaired) electrons. The van der Waals surface area contributed by atoms with Gasteiger partial charge in [-0.3, -0.25) is 4.90 Å². The van der Waals surface area contributed by atoms with Gasteiger partial charge in [-0.15, -0.1) is 10.2 Å². The molecule has 1 rings (SSSR count). The normalized spacial score (nSPS) is 12.4. The fourth-order valence-corrected chi connectivity index (χ4v) is 1.68. The molecule has 1 aromatic rings. The molecule has 0 spiro atoms. The number of anilines is 1. The maximum atomic E-state index is 5.52.